The normalized spacial score (nSPS) is 12.1. The molecule has 8 heteroatoms. The molecular formula is C15H19ClF2N2O3. The summed E-state index contributed by atoms with van der Waals surface area (Å²) in [5.74, 6) is -4.44. The van der Waals surface area contributed by atoms with E-state index in [9.17, 15) is 23.5 Å². The lowest BCUT2D eigenvalue weighted by atomic mass is 9.96. The van der Waals surface area contributed by atoms with Crippen molar-refractivity contribution in [3.05, 3.63) is 28.8 Å². The fraction of sp³-hybridized carbons (Fsp3) is 0.467. The van der Waals surface area contributed by atoms with Gasteiger partial charge in [-0.3, -0.25) is 9.59 Å². The molecule has 0 heterocycles. The quantitative estimate of drug-likeness (QED) is 0.546. The van der Waals surface area contributed by atoms with Gasteiger partial charge in [0.25, 0.3) is 0 Å². The maximum atomic E-state index is 13.1. The summed E-state index contributed by atoms with van der Waals surface area (Å²) in [6.45, 7) is 3.75. The van der Waals surface area contributed by atoms with Crippen LogP contribution in [0.3, 0.4) is 0 Å². The van der Waals surface area contributed by atoms with Crippen LogP contribution in [0, 0.1) is 17.6 Å². The van der Waals surface area contributed by atoms with Crippen molar-refractivity contribution in [3.8, 4) is 0 Å². The number of nitrogens with one attached hydrogen (secondary N) is 2. The molecule has 0 spiro atoms. The summed E-state index contributed by atoms with van der Waals surface area (Å²) in [6, 6.07) is 1.38. The van der Waals surface area contributed by atoms with Gasteiger partial charge in [0.2, 0.25) is 0 Å². The van der Waals surface area contributed by atoms with Crippen molar-refractivity contribution in [3.63, 3.8) is 0 Å². The third kappa shape index (κ3) is 5.44. The van der Waals surface area contributed by atoms with Crippen LogP contribution < -0.4 is 10.6 Å². The highest BCUT2D eigenvalue weighted by molar-refractivity contribution is 6.41. The molecule has 1 rings (SSSR count). The molecule has 3 N–H and O–H groups in total. The lowest BCUT2D eigenvalue weighted by Crippen LogP contribution is -2.41. The number of carbonyl (C=O) groups excluding carboxylic acids is 2. The minimum atomic E-state index is -1.20. The SMILES string of the molecule is CCC(CC)C(O)CNC(=O)C(=O)Nc1cc(F)c(F)cc1Cl. The maximum absolute atomic E-state index is 13.1. The Morgan fingerprint density at radius 3 is 2.30 bits per heavy atom. The Labute approximate surface area is 138 Å². The van der Waals surface area contributed by atoms with Gasteiger partial charge in [-0.25, -0.2) is 8.78 Å². The smallest absolute Gasteiger partial charge is 0.313 e. The average molecular weight is 349 g/mol. The molecule has 1 aromatic rings. The molecule has 23 heavy (non-hydrogen) atoms. The summed E-state index contributed by atoms with van der Waals surface area (Å²) >= 11 is 5.66. The molecule has 128 valence electrons. The fourth-order valence-electron chi connectivity index (χ4n) is 2.07. The van der Waals surface area contributed by atoms with E-state index in [1.807, 2.05) is 13.8 Å². The molecule has 0 radical (unpaired) electrons. The summed E-state index contributed by atoms with van der Waals surface area (Å²) in [5.41, 5.74) is -0.216. The number of aliphatic hydroxyl groups excluding tert-OH is 1. The molecule has 0 aliphatic rings. The van der Waals surface area contributed by atoms with Gasteiger partial charge >= 0.3 is 11.8 Å². The Morgan fingerprint density at radius 1 is 1.17 bits per heavy atom. The van der Waals surface area contributed by atoms with Crippen molar-refractivity contribution < 1.29 is 23.5 Å². The third-order valence-electron chi connectivity index (χ3n) is 3.53. The van der Waals surface area contributed by atoms with Crippen LogP contribution in [0.1, 0.15) is 26.7 Å². The zero-order chi connectivity index (χ0) is 17.6. The van der Waals surface area contributed by atoms with E-state index in [1.165, 1.54) is 0 Å². The molecule has 0 saturated heterocycles. The predicted molar refractivity (Wildman–Crippen MR) is 83.1 cm³/mol. The van der Waals surface area contributed by atoms with E-state index in [1.54, 1.807) is 0 Å². The lowest BCUT2D eigenvalue weighted by molar-refractivity contribution is -0.136. The van der Waals surface area contributed by atoms with E-state index in [2.05, 4.69) is 10.6 Å². The maximum Gasteiger partial charge on any atom is 0.313 e. The Kier molecular flexibility index (Phi) is 7.38. The number of hydrogen-bond acceptors (Lipinski definition) is 3. The Morgan fingerprint density at radius 2 is 1.74 bits per heavy atom. The molecule has 2 amide bonds. The number of halogens is 3. The van der Waals surface area contributed by atoms with Crippen molar-refractivity contribution in [2.24, 2.45) is 5.92 Å². The molecule has 0 aromatic heterocycles. The number of rotatable bonds is 6. The Balaban J connectivity index is 2.61. The number of aliphatic hydroxyl groups is 1. The summed E-state index contributed by atoms with van der Waals surface area (Å²) in [4.78, 5) is 23.4. The number of benzene rings is 1. The zero-order valence-corrected chi connectivity index (χ0v) is 13.6. The number of anilines is 1. The lowest BCUT2D eigenvalue weighted by Gasteiger charge is -2.20. The van der Waals surface area contributed by atoms with E-state index in [4.69, 9.17) is 11.6 Å². The minimum absolute atomic E-state index is 0.0130. The van der Waals surface area contributed by atoms with Crippen LogP contribution in [0.5, 0.6) is 0 Å². The van der Waals surface area contributed by atoms with Gasteiger partial charge in [0.1, 0.15) is 0 Å². The fourth-order valence-corrected chi connectivity index (χ4v) is 2.27. The second kappa shape index (κ2) is 8.79. The second-order valence-corrected chi connectivity index (χ2v) is 5.46. The van der Waals surface area contributed by atoms with Crippen molar-refractivity contribution in [1.29, 1.82) is 0 Å². The Hall–Kier alpha value is -1.73. The number of carbonyl (C=O) groups is 2. The van der Waals surface area contributed by atoms with Gasteiger partial charge in [-0.1, -0.05) is 38.3 Å². The summed E-state index contributed by atoms with van der Waals surface area (Å²) < 4.78 is 26.0. The summed E-state index contributed by atoms with van der Waals surface area (Å²) in [6.07, 6.45) is 0.711. The van der Waals surface area contributed by atoms with Crippen molar-refractivity contribution in [2.45, 2.75) is 32.8 Å². The molecule has 1 atom stereocenters. The van der Waals surface area contributed by atoms with Crippen LogP contribution in [0.2, 0.25) is 5.02 Å². The van der Waals surface area contributed by atoms with Gasteiger partial charge in [-0.05, 0) is 12.0 Å². The molecule has 1 unspecified atom stereocenters. The minimum Gasteiger partial charge on any atom is -0.391 e. The predicted octanol–water partition coefficient (Wildman–Crippen LogP) is 2.47. The highest BCUT2D eigenvalue weighted by atomic mass is 35.5. The van der Waals surface area contributed by atoms with Crippen LogP contribution in [0.4, 0.5) is 14.5 Å². The molecule has 0 aliphatic heterocycles. The molecule has 0 aliphatic carbocycles. The van der Waals surface area contributed by atoms with Crippen LogP contribution in [0.15, 0.2) is 12.1 Å². The molecule has 1 aromatic carbocycles. The van der Waals surface area contributed by atoms with E-state index in [0.717, 1.165) is 12.8 Å². The van der Waals surface area contributed by atoms with Gasteiger partial charge in [0.15, 0.2) is 11.6 Å². The van der Waals surface area contributed by atoms with Gasteiger partial charge in [-0.15, -0.1) is 0 Å². The average Bonchev–Trinajstić information content (AvgIpc) is 2.51. The molecular weight excluding hydrogens is 330 g/mol. The zero-order valence-electron chi connectivity index (χ0n) is 12.8. The summed E-state index contributed by atoms with van der Waals surface area (Å²) in [5, 5.41) is 14.0. The molecule has 0 saturated carbocycles. The van der Waals surface area contributed by atoms with Crippen molar-refractivity contribution in [1.82, 2.24) is 5.32 Å². The highest BCUT2D eigenvalue weighted by Gasteiger charge is 2.20. The first kappa shape index (κ1) is 19.3. The third-order valence-corrected chi connectivity index (χ3v) is 3.84. The van der Waals surface area contributed by atoms with Crippen LogP contribution in [0.25, 0.3) is 0 Å². The Bertz CT molecular complexity index is 580. The van der Waals surface area contributed by atoms with Crippen LogP contribution >= 0.6 is 11.6 Å². The molecule has 5 nitrogen and oxygen atoms in total. The van der Waals surface area contributed by atoms with Crippen LogP contribution in [-0.4, -0.2) is 29.6 Å². The largest absolute Gasteiger partial charge is 0.391 e. The number of amides is 2. The second-order valence-electron chi connectivity index (χ2n) is 5.05. The first-order valence-corrected chi connectivity index (χ1v) is 7.59. The van der Waals surface area contributed by atoms with E-state index in [0.29, 0.717) is 12.1 Å². The first-order valence-electron chi connectivity index (χ1n) is 7.21. The summed E-state index contributed by atoms with van der Waals surface area (Å²) in [7, 11) is 0. The highest BCUT2D eigenvalue weighted by Crippen LogP contribution is 2.24. The van der Waals surface area contributed by atoms with Gasteiger partial charge < -0.3 is 15.7 Å². The monoisotopic (exact) mass is 348 g/mol. The van der Waals surface area contributed by atoms with Gasteiger partial charge in [0.05, 0.1) is 16.8 Å². The number of hydrogen-bond donors (Lipinski definition) is 3. The van der Waals surface area contributed by atoms with E-state index < -0.39 is 29.6 Å². The van der Waals surface area contributed by atoms with Crippen molar-refractivity contribution >= 4 is 29.1 Å². The molecule has 0 fully saturated rings. The van der Waals surface area contributed by atoms with Gasteiger partial charge in [0, 0.05) is 12.6 Å². The van der Waals surface area contributed by atoms with Crippen molar-refractivity contribution in [2.75, 3.05) is 11.9 Å². The van der Waals surface area contributed by atoms with E-state index in [-0.39, 0.29) is 23.2 Å². The van der Waals surface area contributed by atoms with Gasteiger partial charge in [-0.2, -0.15) is 0 Å². The standard InChI is InChI=1S/C15H19ClF2N2O3/c1-3-8(4-2)13(21)7-19-14(22)15(23)20-12-6-11(18)10(17)5-9(12)16/h5-6,8,13,21H,3-4,7H2,1-2H3,(H,19,22)(H,20,23). The van der Waals surface area contributed by atoms with Crippen LogP contribution in [-0.2, 0) is 9.59 Å². The van der Waals surface area contributed by atoms with E-state index >= 15 is 0 Å². The molecule has 0 bridgehead atoms. The first-order chi connectivity index (χ1) is 10.8. The topological polar surface area (TPSA) is 78.4 Å².